The number of fused-ring (bicyclic) bond motifs is 1. The van der Waals surface area contributed by atoms with Crippen LogP contribution in [0, 0.1) is 5.92 Å². The largest absolute Gasteiger partial charge is 0.466 e. The van der Waals surface area contributed by atoms with Gasteiger partial charge < -0.3 is 9.64 Å². The normalized spacial score (nSPS) is 15.9. The predicted molar refractivity (Wildman–Crippen MR) is 129 cm³/mol. The van der Waals surface area contributed by atoms with Crippen LogP contribution in [-0.2, 0) is 27.4 Å². The van der Waals surface area contributed by atoms with Crippen molar-refractivity contribution in [2.45, 2.75) is 32.9 Å². The minimum atomic E-state index is -0.764. The highest BCUT2D eigenvalue weighted by Gasteiger charge is 2.30. The molecule has 34 heavy (non-hydrogen) atoms. The minimum Gasteiger partial charge on any atom is -0.466 e. The first-order valence-corrected chi connectivity index (χ1v) is 11.7. The summed E-state index contributed by atoms with van der Waals surface area (Å²) >= 11 is 5.96. The van der Waals surface area contributed by atoms with Crippen molar-refractivity contribution < 1.29 is 14.3 Å². The lowest BCUT2D eigenvalue weighted by molar-refractivity contribution is -0.151. The van der Waals surface area contributed by atoms with Gasteiger partial charge in [0.25, 0.3) is 0 Å². The van der Waals surface area contributed by atoms with E-state index in [-0.39, 0.29) is 44.0 Å². The van der Waals surface area contributed by atoms with E-state index in [1.807, 2.05) is 0 Å². The van der Waals surface area contributed by atoms with Crippen LogP contribution in [0.15, 0.2) is 58.1 Å². The van der Waals surface area contributed by atoms with E-state index in [1.165, 1.54) is 9.13 Å². The average molecular weight is 484 g/mol. The van der Waals surface area contributed by atoms with E-state index < -0.39 is 11.1 Å². The third-order valence-corrected chi connectivity index (χ3v) is 6.33. The van der Waals surface area contributed by atoms with Gasteiger partial charge in [0, 0.05) is 18.1 Å². The number of carbonyl (C=O) groups is 2. The van der Waals surface area contributed by atoms with Crippen LogP contribution in [0.1, 0.15) is 25.3 Å². The lowest BCUT2D eigenvalue weighted by Crippen LogP contribution is -2.47. The number of ether oxygens (including phenoxy) is 1. The van der Waals surface area contributed by atoms with Gasteiger partial charge in [0.2, 0.25) is 5.91 Å². The third kappa shape index (κ3) is 4.92. The van der Waals surface area contributed by atoms with Gasteiger partial charge in [-0.1, -0.05) is 35.9 Å². The number of piperidine rings is 1. The first kappa shape index (κ1) is 23.8. The molecule has 2 aromatic carbocycles. The third-order valence-electron chi connectivity index (χ3n) is 6.08. The van der Waals surface area contributed by atoms with Gasteiger partial charge in [-0.3, -0.25) is 28.3 Å². The number of halogens is 1. The highest BCUT2D eigenvalue weighted by molar-refractivity contribution is 6.30. The molecule has 4 rings (SSSR count). The fourth-order valence-corrected chi connectivity index (χ4v) is 4.47. The average Bonchev–Trinajstić information content (AvgIpc) is 2.85. The van der Waals surface area contributed by atoms with Gasteiger partial charge in [-0.2, -0.15) is 0 Å². The monoisotopic (exact) mass is 483 g/mol. The number of carbonyl (C=O) groups excluding carboxylic acids is 2. The van der Waals surface area contributed by atoms with Gasteiger partial charge in [0.15, 0.2) is 0 Å². The van der Waals surface area contributed by atoms with E-state index in [9.17, 15) is 19.2 Å². The second kappa shape index (κ2) is 10.3. The molecule has 1 saturated heterocycles. The Bertz CT molecular complexity index is 1330. The van der Waals surface area contributed by atoms with Crippen molar-refractivity contribution in [3.63, 3.8) is 0 Å². The van der Waals surface area contributed by atoms with E-state index in [2.05, 4.69) is 0 Å². The second-order valence-corrected chi connectivity index (χ2v) is 8.77. The van der Waals surface area contributed by atoms with Gasteiger partial charge >= 0.3 is 17.1 Å². The lowest BCUT2D eigenvalue weighted by Gasteiger charge is -2.31. The molecule has 178 valence electrons. The Morgan fingerprint density at radius 2 is 1.65 bits per heavy atom. The molecule has 2 heterocycles. The van der Waals surface area contributed by atoms with Crippen molar-refractivity contribution in [1.29, 1.82) is 0 Å². The number of aromatic nitrogens is 2. The molecule has 1 unspecified atom stereocenters. The standard InChI is InChI=1S/C25H26ClN3O5/c1-2-34-25(33)18-6-5-13-27(15-18)22(30)16-29-21-8-4-3-7-20(21)28(23(31)24(29)32)14-17-9-11-19(26)12-10-17/h3-4,7-12,18H,2,5-6,13-16H2,1H3. The summed E-state index contributed by atoms with van der Waals surface area (Å²) in [5.41, 5.74) is 0.402. The number of nitrogens with zero attached hydrogens (tertiary/aromatic N) is 3. The predicted octanol–water partition coefficient (Wildman–Crippen LogP) is 2.67. The zero-order chi connectivity index (χ0) is 24.2. The molecular formula is C25H26ClN3O5. The Morgan fingerprint density at radius 3 is 2.32 bits per heavy atom. The van der Waals surface area contributed by atoms with Gasteiger partial charge in [0.05, 0.1) is 30.1 Å². The van der Waals surface area contributed by atoms with Crippen LogP contribution >= 0.6 is 11.6 Å². The van der Waals surface area contributed by atoms with Crippen molar-refractivity contribution in [1.82, 2.24) is 14.0 Å². The summed E-state index contributed by atoms with van der Waals surface area (Å²) in [6, 6.07) is 14.1. The summed E-state index contributed by atoms with van der Waals surface area (Å²) in [4.78, 5) is 53.0. The smallest absolute Gasteiger partial charge is 0.317 e. The van der Waals surface area contributed by atoms with E-state index in [4.69, 9.17) is 16.3 Å². The van der Waals surface area contributed by atoms with Crippen LogP contribution in [0.25, 0.3) is 11.0 Å². The zero-order valence-electron chi connectivity index (χ0n) is 18.9. The molecule has 3 aromatic rings. The summed E-state index contributed by atoms with van der Waals surface area (Å²) in [5.74, 6) is -0.998. The molecule has 0 radical (unpaired) electrons. The van der Waals surface area contributed by atoms with Crippen molar-refractivity contribution in [2.24, 2.45) is 5.92 Å². The van der Waals surface area contributed by atoms with Crippen molar-refractivity contribution in [2.75, 3.05) is 19.7 Å². The van der Waals surface area contributed by atoms with E-state index in [1.54, 1.807) is 60.4 Å². The molecule has 1 aromatic heterocycles. The maximum Gasteiger partial charge on any atom is 0.317 e. The molecule has 8 nitrogen and oxygen atoms in total. The maximum atomic E-state index is 13.1. The summed E-state index contributed by atoms with van der Waals surface area (Å²) in [6.07, 6.45) is 1.33. The van der Waals surface area contributed by atoms with Crippen molar-refractivity contribution >= 4 is 34.5 Å². The number of hydrogen-bond acceptors (Lipinski definition) is 5. The Labute approximate surface area is 201 Å². The van der Waals surface area contributed by atoms with Gasteiger partial charge in [-0.05, 0) is 49.6 Å². The Kier molecular flexibility index (Phi) is 7.17. The quantitative estimate of drug-likeness (QED) is 0.397. The number of rotatable bonds is 6. The Hall–Kier alpha value is -3.39. The SMILES string of the molecule is CCOC(=O)C1CCCN(C(=O)Cn2c(=O)c(=O)n(Cc3ccc(Cl)cc3)c3ccccc32)C1. The van der Waals surface area contributed by atoms with Gasteiger partial charge in [0.1, 0.15) is 6.54 Å². The number of hydrogen-bond donors (Lipinski definition) is 0. The topological polar surface area (TPSA) is 90.6 Å². The van der Waals surface area contributed by atoms with E-state index in [0.717, 1.165) is 5.56 Å². The molecule has 9 heteroatoms. The molecule has 0 bridgehead atoms. The van der Waals surface area contributed by atoms with Crippen molar-refractivity contribution in [3.05, 3.63) is 79.8 Å². The Balaban J connectivity index is 1.65. The second-order valence-electron chi connectivity index (χ2n) is 8.33. The van der Waals surface area contributed by atoms with Gasteiger partial charge in [-0.25, -0.2) is 0 Å². The van der Waals surface area contributed by atoms with Crippen LogP contribution in [0.3, 0.4) is 0 Å². The molecule has 0 spiro atoms. The fourth-order valence-electron chi connectivity index (χ4n) is 4.35. The summed E-state index contributed by atoms with van der Waals surface area (Å²) in [7, 11) is 0. The van der Waals surface area contributed by atoms with Crippen LogP contribution < -0.4 is 11.1 Å². The van der Waals surface area contributed by atoms with Gasteiger partial charge in [-0.15, -0.1) is 0 Å². The summed E-state index contributed by atoms with van der Waals surface area (Å²) < 4.78 is 7.75. The van der Waals surface area contributed by atoms with Crippen LogP contribution in [0.4, 0.5) is 0 Å². The number of esters is 1. The number of amides is 1. The highest BCUT2D eigenvalue weighted by atomic mass is 35.5. The summed E-state index contributed by atoms with van der Waals surface area (Å²) in [5, 5.41) is 0.581. The molecule has 0 aliphatic carbocycles. The van der Waals surface area contributed by atoms with E-state index in [0.29, 0.717) is 35.4 Å². The van der Waals surface area contributed by atoms with Crippen LogP contribution in [0.5, 0.6) is 0 Å². The fraction of sp³-hybridized carbons (Fsp3) is 0.360. The molecule has 1 aliphatic rings. The highest BCUT2D eigenvalue weighted by Crippen LogP contribution is 2.19. The first-order chi connectivity index (χ1) is 16.4. The number of benzene rings is 2. The van der Waals surface area contributed by atoms with Crippen LogP contribution in [-0.4, -0.2) is 45.6 Å². The molecule has 1 fully saturated rings. The molecule has 1 aliphatic heterocycles. The minimum absolute atomic E-state index is 0.202. The van der Waals surface area contributed by atoms with Crippen LogP contribution in [0.2, 0.25) is 5.02 Å². The Morgan fingerprint density at radius 1 is 1.00 bits per heavy atom. The van der Waals surface area contributed by atoms with Crippen molar-refractivity contribution in [3.8, 4) is 0 Å². The number of para-hydroxylation sites is 2. The molecule has 0 N–H and O–H groups in total. The molecular weight excluding hydrogens is 458 g/mol. The number of likely N-dealkylation sites (tertiary alicyclic amines) is 1. The summed E-state index contributed by atoms with van der Waals surface area (Å²) in [6.45, 7) is 2.71. The molecule has 0 saturated carbocycles. The molecule has 1 amide bonds. The lowest BCUT2D eigenvalue weighted by atomic mass is 9.98. The molecule has 1 atom stereocenters. The zero-order valence-corrected chi connectivity index (χ0v) is 19.7. The van der Waals surface area contributed by atoms with E-state index >= 15 is 0 Å². The maximum absolute atomic E-state index is 13.1. The first-order valence-electron chi connectivity index (χ1n) is 11.3.